The van der Waals surface area contributed by atoms with Crippen LogP contribution in [0.5, 0.6) is 0 Å². The number of nitro groups is 1. The zero-order chi connectivity index (χ0) is 6.28. The van der Waals surface area contributed by atoms with Crippen molar-refractivity contribution in [2.75, 3.05) is 6.54 Å². The van der Waals surface area contributed by atoms with Crippen LogP contribution in [0, 0.1) is 10.1 Å². The maximum Gasteiger partial charge on any atom is 0.201 e. The molecule has 0 aliphatic rings. The fourth-order valence-electron chi connectivity index (χ4n) is 0. The average Bonchev–Trinajstić information content (AvgIpc) is 1.73. The van der Waals surface area contributed by atoms with E-state index in [-0.39, 0.29) is 11.5 Å². The van der Waals surface area contributed by atoms with Crippen LogP contribution in [0.1, 0.15) is 20.8 Å². The van der Waals surface area contributed by atoms with Gasteiger partial charge in [0.1, 0.15) is 0 Å². The predicted molar refractivity (Wildman–Crippen MR) is 28.9 cm³/mol. The van der Waals surface area contributed by atoms with Crippen LogP contribution in [-0.4, -0.2) is 11.5 Å². The number of hydrogen-bond donors (Lipinski definition) is 0. The summed E-state index contributed by atoms with van der Waals surface area (Å²) in [6.07, 6.45) is 0. The van der Waals surface area contributed by atoms with Gasteiger partial charge in [0, 0.05) is 11.8 Å². The molecule has 0 fully saturated rings. The van der Waals surface area contributed by atoms with Gasteiger partial charge < -0.3 is 0 Å². The van der Waals surface area contributed by atoms with Gasteiger partial charge in [0.15, 0.2) is 0 Å². The lowest BCUT2D eigenvalue weighted by Crippen LogP contribution is -1.92. The van der Waals surface area contributed by atoms with Crippen molar-refractivity contribution in [3.05, 3.63) is 10.1 Å². The number of rotatable bonds is 1. The molecule has 0 aliphatic carbocycles. The maximum absolute atomic E-state index is 9.17. The summed E-state index contributed by atoms with van der Waals surface area (Å²) < 4.78 is 0. The Labute approximate surface area is 43.5 Å². The topological polar surface area (TPSA) is 43.1 Å². The minimum Gasteiger partial charge on any atom is -0.265 e. The van der Waals surface area contributed by atoms with Gasteiger partial charge in [-0.25, -0.2) is 0 Å². The first kappa shape index (κ1) is 9.64. The van der Waals surface area contributed by atoms with Crippen molar-refractivity contribution in [1.29, 1.82) is 0 Å². The molecule has 7 heavy (non-hydrogen) atoms. The van der Waals surface area contributed by atoms with E-state index in [2.05, 4.69) is 0 Å². The van der Waals surface area contributed by atoms with Crippen molar-refractivity contribution in [3.63, 3.8) is 0 Å². The van der Waals surface area contributed by atoms with E-state index in [1.807, 2.05) is 13.8 Å². The third-order valence-corrected chi connectivity index (χ3v) is 0.258. The molecular weight excluding hydrogens is 94.0 g/mol. The highest BCUT2D eigenvalue weighted by Gasteiger charge is 1.76. The molecule has 0 N–H and O–H groups in total. The van der Waals surface area contributed by atoms with E-state index in [1.165, 1.54) is 6.92 Å². The average molecular weight is 105 g/mol. The predicted octanol–water partition coefficient (Wildman–Crippen LogP) is 1.31. The first-order valence-electron chi connectivity index (χ1n) is 2.39. The zero-order valence-electron chi connectivity index (χ0n) is 4.97. The molecule has 0 bridgehead atoms. The molecule has 0 rings (SSSR count). The smallest absolute Gasteiger partial charge is 0.201 e. The van der Waals surface area contributed by atoms with E-state index in [1.54, 1.807) is 0 Å². The Morgan fingerprint density at radius 3 is 1.71 bits per heavy atom. The van der Waals surface area contributed by atoms with Gasteiger partial charge in [-0.1, -0.05) is 13.8 Å². The van der Waals surface area contributed by atoms with Crippen LogP contribution in [0.3, 0.4) is 0 Å². The fraction of sp³-hybridized carbons (Fsp3) is 1.00. The normalized spacial score (nSPS) is 6.14. The highest BCUT2D eigenvalue weighted by molar-refractivity contribution is 4.05. The summed E-state index contributed by atoms with van der Waals surface area (Å²) in [5, 5.41) is 9.17. The molecule has 0 aromatic rings. The lowest BCUT2D eigenvalue weighted by molar-refractivity contribution is -0.475. The molecule has 0 amide bonds. The molecule has 0 aliphatic heterocycles. The number of hydrogen-bond acceptors (Lipinski definition) is 2. The van der Waals surface area contributed by atoms with Crippen molar-refractivity contribution in [3.8, 4) is 0 Å². The maximum atomic E-state index is 9.17. The molecule has 0 aromatic carbocycles. The molecule has 3 heteroatoms. The van der Waals surface area contributed by atoms with Gasteiger partial charge in [-0.15, -0.1) is 0 Å². The summed E-state index contributed by atoms with van der Waals surface area (Å²) in [4.78, 5) is 8.80. The van der Waals surface area contributed by atoms with Gasteiger partial charge in [0.05, 0.1) is 0 Å². The Hall–Kier alpha value is -0.600. The van der Waals surface area contributed by atoms with E-state index in [0.29, 0.717) is 0 Å². The van der Waals surface area contributed by atoms with Gasteiger partial charge in [0.2, 0.25) is 6.54 Å². The molecule has 3 nitrogen and oxygen atoms in total. The van der Waals surface area contributed by atoms with Gasteiger partial charge in [0.25, 0.3) is 0 Å². The summed E-state index contributed by atoms with van der Waals surface area (Å²) >= 11 is 0. The highest BCUT2D eigenvalue weighted by atomic mass is 16.6. The van der Waals surface area contributed by atoms with Crippen LogP contribution >= 0.6 is 0 Å². The van der Waals surface area contributed by atoms with Crippen molar-refractivity contribution >= 4 is 0 Å². The minimum absolute atomic E-state index is 0.0278. The molecule has 0 spiro atoms. The second-order valence-corrected chi connectivity index (χ2v) is 0.649. The van der Waals surface area contributed by atoms with Crippen LogP contribution in [0.2, 0.25) is 0 Å². The largest absolute Gasteiger partial charge is 0.265 e. The van der Waals surface area contributed by atoms with Crippen molar-refractivity contribution < 1.29 is 4.92 Å². The van der Waals surface area contributed by atoms with Crippen LogP contribution in [0.4, 0.5) is 0 Å². The van der Waals surface area contributed by atoms with Crippen LogP contribution < -0.4 is 0 Å². The summed E-state index contributed by atoms with van der Waals surface area (Å²) in [5.74, 6) is 0. The fourth-order valence-corrected chi connectivity index (χ4v) is 0. The lowest BCUT2D eigenvalue weighted by Gasteiger charge is -1.73. The highest BCUT2D eigenvalue weighted by Crippen LogP contribution is 1.57. The van der Waals surface area contributed by atoms with Gasteiger partial charge in [-0.2, -0.15) is 0 Å². The van der Waals surface area contributed by atoms with Crippen LogP contribution in [0.15, 0.2) is 0 Å². The molecule has 0 saturated heterocycles. The molecule has 0 atom stereocenters. The third-order valence-electron chi connectivity index (χ3n) is 0.258. The molecular formula is C4H11NO2. The Morgan fingerprint density at radius 2 is 1.71 bits per heavy atom. The lowest BCUT2D eigenvalue weighted by atomic mass is 10.8. The van der Waals surface area contributed by atoms with Crippen molar-refractivity contribution in [2.45, 2.75) is 20.8 Å². The molecule has 44 valence electrons. The van der Waals surface area contributed by atoms with Gasteiger partial charge >= 0.3 is 0 Å². The summed E-state index contributed by atoms with van der Waals surface area (Å²) in [6, 6.07) is 0. The third kappa shape index (κ3) is 31.8. The summed E-state index contributed by atoms with van der Waals surface area (Å²) in [7, 11) is 0. The van der Waals surface area contributed by atoms with Crippen LogP contribution in [-0.2, 0) is 0 Å². The molecule has 0 radical (unpaired) electrons. The summed E-state index contributed by atoms with van der Waals surface area (Å²) in [6.45, 7) is 5.53. The molecule has 0 unspecified atom stereocenters. The minimum atomic E-state index is -0.375. The Morgan fingerprint density at radius 1 is 1.57 bits per heavy atom. The van der Waals surface area contributed by atoms with E-state index in [0.717, 1.165) is 0 Å². The van der Waals surface area contributed by atoms with Crippen molar-refractivity contribution in [2.24, 2.45) is 0 Å². The Kier molecular flexibility index (Phi) is 12.5. The van der Waals surface area contributed by atoms with Crippen molar-refractivity contribution in [1.82, 2.24) is 0 Å². The van der Waals surface area contributed by atoms with E-state index >= 15 is 0 Å². The van der Waals surface area contributed by atoms with Gasteiger partial charge in [-0.05, 0) is 0 Å². The monoisotopic (exact) mass is 105 g/mol. The van der Waals surface area contributed by atoms with E-state index in [4.69, 9.17) is 0 Å². The second kappa shape index (κ2) is 9.04. The van der Waals surface area contributed by atoms with E-state index < -0.39 is 0 Å². The number of nitrogens with zero attached hydrogens (tertiary/aromatic N) is 1. The first-order chi connectivity index (χ1) is 3.27. The Bertz CT molecular complexity index is 45.0. The first-order valence-corrected chi connectivity index (χ1v) is 2.39. The summed E-state index contributed by atoms with van der Waals surface area (Å²) in [5.41, 5.74) is 0. The van der Waals surface area contributed by atoms with Gasteiger partial charge in [-0.3, -0.25) is 10.1 Å². The standard InChI is InChI=1S/C2H5NO2.C2H6/c1-2-3(4)5;1-2/h2H2,1H3;1-2H3. The molecule has 0 heterocycles. The van der Waals surface area contributed by atoms with Crippen LogP contribution in [0.25, 0.3) is 0 Å². The van der Waals surface area contributed by atoms with E-state index in [9.17, 15) is 10.1 Å². The SMILES string of the molecule is CC.CC[N+](=O)[O-]. The second-order valence-electron chi connectivity index (χ2n) is 0.649. The molecule has 0 aromatic heterocycles. The zero-order valence-corrected chi connectivity index (χ0v) is 4.97. The quantitative estimate of drug-likeness (QED) is 0.372. The Balaban J connectivity index is 0. The molecule has 0 saturated carbocycles.